The summed E-state index contributed by atoms with van der Waals surface area (Å²) in [6.45, 7) is 0. The van der Waals surface area contributed by atoms with Crippen molar-refractivity contribution in [1.29, 1.82) is 0 Å². The van der Waals surface area contributed by atoms with Gasteiger partial charge in [-0.15, -0.1) is 0 Å². The second kappa shape index (κ2) is 2.42. The molecule has 1 aromatic carbocycles. The van der Waals surface area contributed by atoms with E-state index in [4.69, 9.17) is 0 Å². The highest BCUT2D eigenvalue weighted by atomic mass is 79.9. The van der Waals surface area contributed by atoms with Gasteiger partial charge in [-0.25, -0.2) is 0 Å². The van der Waals surface area contributed by atoms with Crippen molar-refractivity contribution in [3.8, 4) is 0 Å². The molecule has 1 aromatic rings. The SMILES string of the molecule is O=C1[N]C(=O)c2cc(Br)ccc21. The second-order valence-corrected chi connectivity index (χ2v) is 3.33. The van der Waals surface area contributed by atoms with Gasteiger partial charge in [0.25, 0.3) is 11.8 Å². The normalized spacial score (nSPS) is 14.4. The number of amides is 2. The largest absolute Gasteiger partial charge is 0.281 e. The van der Waals surface area contributed by atoms with Gasteiger partial charge in [0, 0.05) is 4.47 Å². The molecule has 3 nitrogen and oxygen atoms in total. The Hall–Kier alpha value is -1.16. The fourth-order valence-corrected chi connectivity index (χ4v) is 1.45. The van der Waals surface area contributed by atoms with Crippen molar-refractivity contribution >= 4 is 27.7 Å². The van der Waals surface area contributed by atoms with Crippen LogP contribution in [0.25, 0.3) is 0 Å². The van der Waals surface area contributed by atoms with Gasteiger partial charge in [-0.3, -0.25) is 9.59 Å². The standard InChI is InChI=1S/C8H3BrNO2/c9-4-1-2-5-6(3-4)8(12)10-7(5)11/h1-3H. The Labute approximate surface area is 76.9 Å². The summed E-state index contributed by atoms with van der Waals surface area (Å²) in [5.41, 5.74) is 0.776. The quantitative estimate of drug-likeness (QED) is 0.625. The van der Waals surface area contributed by atoms with Crippen molar-refractivity contribution in [3.05, 3.63) is 33.8 Å². The Morgan fingerprint density at radius 2 is 1.75 bits per heavy atom. The lowest BCUT2D eigenvalue weighted by Crippen LogP contribution is -2.10. The van der Waals surface area contributed by atoms with Crippen LogP contribution in [-0.4, -0.2) is 11.8 Å². The van der Waals surface area contributed by atoms with Gasteiger partial charge in [-0.2, -0.15) is 5.32 Å². The van der Waals surface area contributed by atoms with Gasteiger partial charge >= 0.3 is 0 Å². The van der Waals surface area contributed by atoms with Crippen LogP contribution >= 0.6 is 15.9 Å². The Kier molecular flexibility index (Phi) is 1.51. The molecule has 2 rings (SSSR count). The predicted octanol–water partition coefficient (Wildman–Crippen LogP) is 1.35. The zero-order chi connectivity index (χ0) is 8.72. The van der Waals surface area contributed by atoms with Crippen LogP contribution in [0.3, 0.4) is 0 Å². The molecule has 0 aliphatic carbocycles. The molecule has 0 aromatic heterocycles. The van der Waals surface area contributed by atoms with Gasteiger partial charge in [-0.1, -0.05) is 15.9 Å². The molecule has 0 bridgehead atoms. The molecule has 0 saturated heterocycles. The molecule has 12 heavy (non-hydrogen) atoms. The molecule has 59 valence electrons. The highest BCUT2D eigenvalue weighted by molar-refractivity contribution is 9.10. The average molecular weight is 225 g/mol. The van der Waals surface area contributed by atoms with Crippen molar-refractivity contribution in [2.24, 2.45) is 0 Å². The predicted molar refractivity (Wildman–Crippen MR) is 44.9 cm³/mol. The van der Waals surface area contributed by atoms with Crippen molar-refractivity contribution in [2.45, 2.75) is 0 Å². The number of fused-ring (bicyclic) bond motifs is 1. The molecule has 1 heterocycles. The minimum atomic E-state index is -0.448. The molecule has 1 radical (unpaired) electrons. The minimum absolute atomic E-state index is 0.384. The molecule has 4 heteroatoms. The van der Waals surface area contributed by atoms with E-state index in [1.165, 1.54) is 0 Å². The summed E-state index contributed by atoms with van der Waals surface area (Å²) in [7, 11) is 0. The summed E-state index contributed by atoms with van der Waals surface area (Å²) in [4.78, 5) is 22.0. The topological polar surface area (TPSA) is 48.2 Å². The molecule has 0 fully saturated rings. The van der Waals surface area contributed by atoms with E-state index in [-0.39, 0.29) is 0 Å². The van der Waals surface area contributed by atoms with E-state index in [1.807, 2.05) is 0 Å². The van der Waals surface area contributed by atoms with E-state index in [2.05, 4.69) is 21.2 Å². The summed E-state index contributed by atoms with van der Waals surface area (Å²) in [5.74, 6) is -0.890. The van der Waals surface area contributed by atoms with Crippen LogP contribution in [0, 0.1) is 0 Å². The zero-order valence-electron chi connectivity index (χ0n) is 5.87. The van der Waals surface area contributed by atoms with Crippen LogP contribution in [0.5, 0.6) is 0 Å². The number of hydrogen-bond donors (Lipinski definition) is 0. The lowest BCUT2D eigenvalue weighted by atomic mass is 10.1. The molecule has 1 aliphatic heterocycles. The van der Waals surface area contributed by atoms with Gasteiger partial charge in [0.05, 0.1) is 11.1 Å². The maximum Gasteiger partial charge on any atom is 0.281 e. The summed E-state index contributed by atoms with van der Waals surface area (Å²) < 4.78 is 0.777. The second-order valence-electron chi connectivity index (χ2n) is 2.41. The molecule has 0 saturated carbocycles. The van der Waals surface area contributed by atoms with Crippen molar-refractivity contribution < 1.29 is 9.59 Å². The minimum Gasteiger partial charge on any atom is -0.267 e. The first-order valence-corrected chi connectivity index (χ1v) is 4.08. The van der Waals surface area contributed by atoms with E-state index in [0.717, 1.165) is 4.47 Å². The molecular weight excluding hydrogens is 222 g/mol. The number of halogens is 1. The Balaban J connectivity index is 2.68. The number of imide groups is 1. The number of rotatable bonds is 0. The number of benzene rings is 1. The lowest BCUT2D eigenvalue weighted by molar-refractivity contribution is 0.0873. The van der Waals surface area contributed by atoms with E-state index in [9.17, 15) is 9.59 Å². The van der Waals surface area contributed by atoms with Crippen LogP contribution in [0.4, 0.5) is 0 Å². The third-order valence-electron chi connectivity index (χ3n) is 1.65. The number of nitrogens with zero attached hydrogens (tertiary/aromatic N) is 1. The van der Waals surface area contributed by atoms with Crippen molar-refractivity contribution in [3.63, 3.8) is 0 Å². The van der Waals surface area contributed by atoms with Crippen LogP contribution < -0.4 is 5.32 Å². The van der Waals surface area contributed by atoms with Crippen LogP contribution in [0.1, 0.15) is 20.7 Å². The number of carbonyl (C=O) groups excluding carboxylic acids is 2. The molecule has 0 spiro atoms. The molecule has 0 N–H and O–H groups in total. The van der Waals surface area contributed by atoms with Crippen molar-refractivity contribution in [1.82, 2.24) is 5.32 Å². The van der Waals surface area contributed by atoms with Crippen LogP contribution in [-0.2, 0) is 0 Å². The highest BCUT2D eigenvalue weighted by Crippen LogP contribution is 2.20. The van der Waals surface area contributed by atoms with Crippen LogP contribution in [0.15, 0.2) is 22.7 Å². The lowest BCUT2D eigenvalue weighted by Gasteiger charge is -1.92. The molecule has 0 unspecified atom stereocenters. The Morgan fingerprint density at radius 1 is 1.08 bits per heavy atom. The molecule has 0 atom stereocenters. The van der Waals surface area contributed by atoms with Gasteiger partial charge in [0.15, 0.2) is 0 Å². The van der Waals surface area contributed by atoms with E-state index < -0.39 is 11.8 Å². The fourth-order valence-electron chi connectivity index (χ4n) is 1.09. The molecule has 1 aliphatic rings. The zero-order valence-corrected chi connectivity index (χ0v) is 7.46. The summed E-state index contributed by atoms with van der Waals surface area (Å²) in [5, 5.41) is 3.30. The first-order chi connectivity index (χ1) is 5.68. The Morgan fingerprint density at radius 3 is 2.50 bits per heavy atom. The average Bonchev–Trinajstić information content (AvgIpc) is 2.28. The first kappa shape index (κ1) is 7.49. The summed E-state index contributed by atoms with van der Waals surface area (Å²) >= 11 is 3.21. The van der Waals surface area contributed by atoms with E-state index in [0.29, 0.717) is 11.1 Å². The van der Waals surface area contributed by atoms with Gasteiger partial charge < -0.3 is 0 Å². The monoisotopic (exact) mass is 224 g/mol. The first-order valence-electron chi connectivity index (χ1n) is 3.28. The van der Waals surface area contributed by atoms with Gasteiger partial charge in [0.1, 0.15) is 0 Å². The fraction of sp³-hybridized carbons (Fsp3) is 0. The molecular formula is C8H3BrNO2. The third-order valence-corrected chi connectivity index (χ3v) is 2.14. The molecule has 2 amide bonds. The third kappa shape index (κ3) is 0.956. The van der Waals surface area contributed by atoms with Gasteiger partial charge in [0.2, 0.25) is 0 Å². The maximum absolute atomic E-state index is 11.0. The highest BCUT2D eigenvalue weighted by Gasteiger charge is 2.28. The van der Waals surface area contributed by atoms with Crippen molar-refractivity contribution in [2.75, 3.05) is 0 Å². The summed E-state index contributed by atoms with van der Waals surface area (Å²) in [6.07, 6.45) is 0. The van der Waals surface area contributed by atoms with Crippen LogP contribution in [0.2, 0.25) is 0 Å². The Bertz CT molecular complexity index is 387. The van der Waals surface area contributed by atoms with Gasteiger partial charge in [-0.05, 0) is 18.2 Å². The summed E-state index contributed by atoms with van der Waals surface area (Å²) in [6, 6.07) is 4.91. The number of carbonyl (C=O) groups is 2. The smallest absolute Gasteiger partial charge is 0.267 e. The maximum atomic E-state index is 11.0. The number of hydrogen-bond acceptors (Lipinski definition) is 2. The van der Waals surface area contributed by atoms with E-state index >= 15 is 0 Å². The van der Waals surface area contributed by atoms with E-state index in [1.54, 1.807) is 18.2 Å².